The molecular weight excluding hydrogens is 262 g/mol. The van der Waals surface area contributed by atoms with Gasteiger partial charge < -0.3 is 9.64 Å². The monoisotopic (exact) mass is 281 g/mol. The third-order valence-corrected chi connectivity index (χ3v) is 3.76. The number of rotatable bonds is 3. The van der Waals surface area contributed by atoms with Gasteiger partial charge in [-0.25, -0.2) is 0 Å². The summed E-state index contributed by atoms with van der Waals surface area (Å²) in [6.45, 7) is 3.46. The zero-order valence-electron chi connectivity index (χ0n) is 12.2. The predicted octanol–water partition coefficient (Wildman–Crippen LogP) is 4.20. The molecule has 0 aromatic heterocycles. The summed E-state index contributed by atoms with van der Waals surface area (Å²) in [4.78, 5) is 14.4. The summed E-state index contributed by atoms with van der Waals surface area (Å²) in [6, 6.07) is 15.9. The van der Waals surface area contributed by atoms with Crippen molar-refractivity contribution >= 4 is 17.2 Å². The second kappa shape index (κ2) is 6.00. The number of nitrogens with zero attached hydrogens (tertiary/aromatic N) is 1. The van der Waals surface area contributed by atoms with Crippen LogP contribution in [-0.2, 0) is 0 Å². The van der Waals surface area contributed by atoms with Crippen LogP contribution in [0.1, 0.15) is 30.1 Å². The van der Waals surface area contributed by atoms with Crippen LogP contribution in [0.25, 0.3) is 0 Å². The quantitative estimate of drug-likeness (QED) is 0.790. The van der Waals surface area contributed by atoms with Gasteiger partial charge in [0.05, 0.1) is 18.0 Å². The molecule has 0 spiro atoms. The van der Waals surface area contributed by atoms with E-state index >= 15 is 0 Å². The molecule has 3 rings (SSSR count). The SMILES string of the molecule is CCC(=O)c1ccccc1N1CCCOc2ccccc21. The van der Waals surface area contributed by atoms with E-state index in [4.69, 9.17) is 4.74 Å². The van der Waals surface area contributed by atoms with Gasteiger partial charge in [0.15, 0.2) is 5.78 Å². The lowest BCUT2D eigenvalue weighted by molar-refractivity contribution is 0.0988. The highest BCUT2D eigenvalue weighted by molar-refractivity contribution is 6.02. The van der Waals surface area contributed by atoms with Crippen LogP contribution in [0.15, 0.2) is 48.5 Å². The number of Topliss-reactive ketones (excluding diaryl/α,β-unsaturated/α-hetero) is 1. The maximum absolute atomic E-state index is 12.2. The summed E-state index contributed by atoms with van der Waals surface area (Å²) >= 11 is 0. The second-order valence-electron chi connectivity index (χ2n) is 5.12. The van der Waals surface area contributed by atoms with Crippen LogP contribution in [0, 0.1) is 0 Å². The maximum Gasteiger partial charge on any atom is 0.164 e. The van der Waals surface area contributed by atoms with Gasteiger partial charge in [0.2, 0.25) is 0 Å². The molecule has 1 aliphatic heterocycles. The summed E-state index contributed by atoms with van der Waals surface area (Å²) in [5.74, 6) is 1.06. The Bertz CT molecular complexity index is 651. The highest BCUT2D eigenvalue weighted by Crippen LogP contribution is 2.37. The minimum absolute atomic E-state index is 0.174. The second-order valence-corrected chi connectivity index (χ2v) is 5.12. The largest absolute Gasteiger partial charge is 0.491 e. The Kier molecular flexibility index (Phi) is 3.91. The van der Waals surface area contributed by atoms with E-state index in [1.165, 1.54) is 0 Å². The first-order chi connectivity index (χ1) is 10.3. The lowest BCUT2D eigenvalue weighted by atomic mass is 10.0. The zero-order chi connectivity index (χ0) is 14.7. The van der Waals surface area contributed by atoms with Crippen molar-refractivity contribution in [3.63, 3.8) is 0 Å². The third-order valence-electron chi connectivity index (χ3n) is 3.76. The molecule has 2 aromatic rings. The van der Waals surface area contributed by atoms with Crippen LogP contribution < -0.4 is 9.64 Å². The Balaban J connectivity index is 2.10. The molecule has 3 nitrogen and oxygen atoms in total. The fourth-order valence-corrected chi connectivity index (χ4v) is 2.71. The van der Waals surface area contributed by atoms with E-state index in [0.717, 1.165) is 35.7 Å². The molecule has 1 aliphatic rings. The van der Waals surface area contributed by atoms with E-state index in [2.05, 4.69) is 4.90 Å². The average molecular weight is 281 g/mol. The molecule has 0 N–H and O–H groups in total. The Morgan fingerprint density at radius 1 is 1.10 bits per heavy atom. The van der Waals surface area contributed by atoms with Gasteiger partial charge in [-0.2, -0.15) is 0 Å². The summed E-state index contributed by atoms with van der Waals surface area (Å²) in [7, 11) is 0. The summed E-state index contributed by atoms with van der Waals surface area (Å²) in [5, 5.41) is 0. The van der Waals surface area contributed by atoms with Crippen molar-refractivity contribution in [2.45, 2.75) is 19.8 Å². The number of carbonyl (C=O) groups is 1. The molecule has 0 unspecified atom stereocenters. The molecule has 1 heterocycles. The molecule has 21 heavy (non-hydrogen) atoms. The van der Waals surface area contributed by atoms with Gasteiger partial charge in [0.25, 0.3) is 0 Å². The number of benzene rings is 2. The van der Waals surface area contributed by atoms with E-state index < -0.39 is 0 Å². The Labute approximate surface area is 125 Å². The van der Waals surface area contributed by atoms with Crippen LogP contribution >= 0.6 is 0 Å². The minimum Gasteiger partial charge on any atom is -0.491 e. The van der Waals surface area contributed by atoms with Crippen LogP contribution in [0.4, 0.5) is 11.4 Å². The highest BCUT2D eigenvalue weighted by atomic mass is 16.5. The van der Waals surface area contributed by atoms with Crippen LogP contribution in [0.2, 0.25) is 0 Å². The van der Waals surface area contributed by atoms with Gasteiger partial charge in [-0.3, -0.25) is 4.79 Å². The van der Waals surface area contributed by atoms with Gasteiger partial charge in [0.1, 0.15) is 5.75 Å². The number of fused-ring (bicyclic) bond motifs is 1. The molecular formula is C18H19NO2. The van der Waals surface area contributed by atoms with Crippen molar-refractivity contribution < 1.29 is 9.53 Å². The Hall–Kier alpha value is -2.29. The molecule has 0 fully saturated rings. The maximum atomic E-state index is 12.2. The van der Waals surface area contributed by atoms with Crippen molar-refractivity contribution in [3.8, 4) is 5.75 Å². The number of anilines is 2. The summed E-state index contributed by atoms with van der Waals surface area (Å²) < 4.78 is 5.80. The van der Waals surface area contributed by atoms with Gasteiger partial charge >= 0.3 is 0 Å². The Morgan fingerprint density at radius 3 is 2.62 bits per heavy atom. The van der Waals surface area contributed by atoms with E-state index in [9.17, 15) is 4.79 Å². The standard InChI is InChI=1S/C18H19NO2/c1-2-17(20)14-8-3-4-9-15(14)19-12-7-13-21-18-11-6-5-10-16(18)19/h3-6,8-11H,2,7,12-13H2,1H3. The molecule has 3 heteroatoms. The number of carbonyl (C=O) groups excluding carboxylic acids is 1. The first-order valence-corrected chi connectivity index (χ1v) is 7.43. The minimum atomic E-state index is 0.174. The van der Waals surface area contributed by atoms with E-state index in [0.29, 0.717) is 13.0 Å². The number of hydrogen-bond donors (Lipinski definition) is 0. The first-order valence-electron chi connectivity index (χ1n) is 7.43. The zero-order valence-corrected chi connectivity index (χ0v) is 12.2. The number of ketones is 1. The van der Waals surface area contributed by atoms with Gasteiger partial charge in [-0.15, -0.1) is 0 Å². The normalized spacial score (nSPS) is 14.0. The molecule has 0 amide bonds. The highest BCUT2D eigenvalue weighted by Gasteiger charge is 2.21. The lowest BCUT2D eigenvalue weighted by Crippen LogP contribution is -2.20. The topological polar surface area (TPSA) is 29.5 Å². The van der Waals surface area contributed by atoms with Gasteiger partial charge in [0, 0.05) is 18.5 Å². The number of hydrogen-bond acceptors (Lipinski definition) is 3. The number of para-hydroxylation sites is 3. The molecule has 0 aliphatic carbocycles. The van der Waals surface area contributed by atoms with Crippen LogP contribution in [-0.4, -0.2) is 18.9 Å². The van der Waals surface area contributed by atoms with Crippen LogP contribution in [0.3, 0.4) is 0 Å². The predicted molar refractivity (Wildman–Crippen MR) is 84.6 cm³/mol. The fraction of sp³-hybridized carbons (Fsp3) is 0.278. The first kappa shape index (κ1) is 13.7. The molecule has 0 atom stereocenters. The van der Waals surface area contributed by atoms with Gasteiger partial charge in [-0.05, 0) is 30.7 Å². The fourth-order valence-electron chi connectivity index (χ4n) is 2.71. The molecule has 108 valence electrons. The Morgan fingerprint density at radius 2 is 1.81 bits per heavy atom. The molecule has 2 aromatic carbocycles. The third kappa shape index (κ3) is 2.64. The van der Waals surface area contributed by atoms with E-state index in [1.54, 1.807) is 0 Å². The summed E-state index contributed by atoms with van der Waals surface area (Å²) in [6.07, 6.45) is 1.45. The van der Waals surface area contributed by atoms with E-state index in [1.807, 2.05) is 55.5 Å². The molecule has 0 radical (unpaired) electrons. The van der Waals surface area contributed by atoms with Crippen molar-refractivity contribution in [2.24, 2.45) is 0 Å². The molecule has 0 saturated heterocycles. The molecule has 0 saturated carbocycles. The van der Waals surface area contributed by atoms with Gasteiger partial charge in [-0.1, -0.05) is 31.2 Å². The number of ether oxygens (including phenoxy) is 1. The lowest BCUT2D eigenvalue weighted by Gasteiger charge is -2.25. The van der Waals surface area contributed by atoms with Crippen molar-refractivity contribution in [2.75, 3.05) is 18.1 Å². The summed E-state index contributed by atoms with van der Waals surface area (Å²) in [5.41, 5.74) is 2.80. The smallest absolute Gasteiger partial charge is 0.164 e. The van der Waals surface area contributed by atoms with Crippen molar-refractivity contribution in [1.82, 2.24) is 0 Å². The van der Waals surface area contributed by atoms with Crippen molar-refractivity contribution in [3.05, 3.63) is 54.1 Å². The van der Waals surface area contributed by atoms with Crippen LogP contribution in [0.5, 0.6) is 5.75 Å². The van der Waals surface area contributed by atoms with Crippen molar-refractivity contribution in [1.29, 1.82) is 0 Å². The molecule has 0 bridgehead atoms. The van der Waals surface area contributed by atoms with E-state index in [-0.39, 0.29) is 5.78 Å². The average Bonchev–Trinajstić information content (AvgIpc) is 2.76.